The van der Waals surface area contributed by atoms with E-state index in [9.17, 15) is 0 Å². The third kappa shape index (κ3) is 3.70. The number of hydrogen-bond acceptors (Lipinski definition) is 2. The molecule has 1 aliphatic rings. The molecule has 0 aliphatic carbocycles. The standard InChI is InChI=1S/C15H23N3O/c1-16-15(17-9-5-11-19-2)18-10-8-13-6-3-4-7-14(13)12-18/h3-4,6-7H,5,8-12H2,1-2H3,(H,16,17). The zero-order valence-electron chi connectivity index (χ0n) is 11.9. The molecule has 19 heavy (non-hydrogen) atoms. The molecule has 0 bridgehead atoms. The minimum absolute atomic E-state index is 0.785. The fourth-order valence-electron chi connectivity index (χ4n) is 2.43. The summed E-state index contributed by atoms with van der Waals surface area (Å²) in [6.45, 7) is 3.66. The highest BCUT2D eigenvalue weighted by atomic mass is 16.5. The van der Waals surface area contributed by atoms with Crippen molar-refractivity contribution in [2.45, 2.75) is 19.4 Å². The van der Waals surface area contributed by atoms with Crippen molar-refractivity contribution in [3.05, 3.63) is 35.4 Å². The Kier molecular flexibility index (Phi) is 5.21. The zero-order valence-corrected chi connectivity index (χ0v) is 11.9. The van der Waals surface area contributed by atoms with Gasteiger partial charge in [0.1, 0.15) is 0 Å². The molecule has 0 unspecified atom stereocenters. The average Bonchev–Trinajstić information content (AvgIpc) is 2.47. The molecule has 0 radical (unpaired) electrons. The van der Waals surface area contributed by atoms with Crippen molar-refractivity contribution >= 4 is 5.96 Å². The van der Waals surface area contributed by atoms with Gasteiger partial charge in [0.05, 0.1) is 0 Å². The summed E-state index contributed by atoms with van der Waals surface area (Å²) in [6, 6.07) is 8.66. The fraction of sp³-hybridized carbons (Fsp3) is 0.533. The monoisotopic (exact) mass is 261 g/mol. The van der Waals surface area contributed by atoms with Gasteiger partial charge in [0.25, 0.3) is 0 Å². The molecule has 4 heteroatoms. The van der Waals surface area contributed by atoms with E-state index < -0.39 is 0 Å². The molecule has 0 spiro atoms. The number of guanidine groups is 1. The molecule has 0 amide bonds. The quantitative estimate of drug-likeness (QED) is 0.509. The Morgan fingerprint density at radius 2 is 2.16 bits per heavy atom. The van der Waals surface area contributed by atoms with Crippen LogP contribution in [0, 0.1) is 0 Å². The van der Waals surface area contributed by atoms with Crippen molar-refractivity contribution in [3.63, 3.8) is 0 Å². The van der Waals surface area contributed by atoms with Gasteiger partial charge in [-0.2, -0.15) is 0 Å². The van der Waals surface area contributed by atoms with Crippen LogP contribution >= 0.6 is 0 Å². The lowest BCUT2D eigenvalue weighted by atomic mass is 10.0. The topological polar surface area (TPSA) is 36.9 Å². The molecule has 0 saturated carbocycles. The van der Waals surface area contributed by atoms with E-state index in [4.69, 9.17) is 4.74 Å². The lowest BCUT2D eigenvalue weighted by Gasteiger charge is -2.31. The minimum atomic E-state index is 0.785. The molecule has 0 fully saturated rings. The molecule has 1 aromatic carbocycles. The van der Waals surface area contributed by atoms with Gasteiger partial charge in [-0.1, -0.05) is 24.3 Å². The summed E-state index contributed by atoms with van der Waals surface area (Å²) in [5.41, 5.74) is 2.88. The van der Waals surface area contributed by atoms with Crippen LogP contribution in [0.4, 0.5) is 0 Å². The molecule has 4 nitrogen and oxygen atoms in total. The fourth-order valence-corrected chi connectivity index (χ4v) is 2.43. The maximum absolute atomic E-state index is 5.06. The van der Waals surface area contributed by atoms with Gasteiger partial charge < -0.3 is 15.0 Å². The second kappa shape index (κ2) is 7.14. The minimum Gasteiger partial charge on any atom is -0.385 e. The van der Waals surface area contributed by atoms with Gasteiger partial charge in [0.15, 0.2) is 5.96 Å². The molecule has 0 aromatic heterocycles. The van der Waals surface area contributed by atoms with Gasteiger partial charge in [-0.05, 0) is 24.0 Å². The number of methoxy groups -OCH3 is 1. The molecular formula is C15H23N3O. The van der Waals surface area contributed by atoms with Gasteiger partial charge in [-0.3, -0.25) is 4.99 Å². The van der Waals surface area contributed by atoms with Gasteiger partial charge in [-0.15, -0.1) is 0 Å². The SMILES string of the molecule is CN=C(NCCCOC)N1CCc2ccccc2C1. The van der Waals surface area contributed by atoms with Crippen molar-refractivity contribution in [1.29, 1.82) is 0 Å². The number of aliphatic imine (C=N–C) groups is 1. The second-order valence-electron chi connectivity index (χ2n) is 4.76. The van der Waals surface area contributed by atoms with Crippen molar-refractivity contribution in [1.82, 2.24) is 10.2 Å². The predicted molar refractivity (Wildman–Crippen MR) is 78.4 cm³/mol. The summed E-state index contributed by atoms with van der Waals surface area (Å²) < 4.78 is 5.06. The summed E-state index contributed by atoms with van der Waals surface area (Å²) in [7, 11) is 3.58. The number of nitrogens with zero attached hydrogens (tertiary/aromatic N) is 2. The summed E-state index contributed by atoms with van der Waals surface area (Å²) in [4.78, 5) is 6.69. The van der Waals surface area contributed by atoms with E-state index in [0.717, 1.165) is 45.0 Å². The number of rotatable bonds is 4. The number of fused-ring (bicyclic) bond motifs is 1. The molecule has 1 aliphatic heterocycles. The van der Waals surface area contributed by atoms with E-state index in [0.29, 0.717) is 0 Å². The third-order valence-corrected chi connectivity index (χ3v) is 3.45. The van der Waals surface area contributed by atoms with Crippen LogP contribution in [-0.2, 0) is 17.7 Å². The van der Waals surface area contributed by atoms with Crippen molar-refractivity contribution < 1.29 is 4.74 Å². The summed E-state index contributed by atoms with van der Waals surface area (Å²) in [5, 5.41) is 3.40. The Bertz CT molecular complexity index is 431. The molecule has 0 atom stereocenters. The lowest BCUT2D eigenvalue weighted by Crippen LogP contribution is -2.44. The van der Waals surface area contributed by atoms with Crippen molar-refractivity contribution in [2.24, 2.45) is 4.99 Å². The number of ether oxygens (including phenoxy) is 1. The maximum Gasteiger partial charge on any atom is 0.193 e. The predicted octanol–water partition coefficient (Wildman–Crippen LogP) is 1.66. The second-order valence-corrected chi connectivity index (χ2v) is 4.76. The molecular weight excluding hydrogens is 238 g/mol. The van der Waals surface area contributed by atoms with Crippen LogP contribution in [-0.4, -0.2) is 44.7 Å². The Labute approximate surface area is 115 Å². The molecule has 2 rings (SSSR count). The normalized spacial score (nSPS) is 15.3. The Balaban J connectivity index is 1.91. The first kappa shape index (κ1) is 13.9. The van der Waals surface area contributed by atoms with E-state index in [1.165, 1.54) is 11.1 Å². The molecule has 0 saturated heterocycles. The van der Waals surface area contributed by atoms with Crippen molar-refractivity contribution in [2.75, 3.05) is 33.9 Å². The molecule has 1 aromatic rings. The first-order chi connectivity index (χ1) is 9.35. The van der Waals surface area contributed by atoms with E-state index in [1.54, 1.807) is 7.11 Å². The van der Waals surface area contributed by atoms with Crippen LogP contribution in [0.5, 0.6) is 0 Å². The van der Waals surface area contributed by atoms with Gasteiger partial charge in [-0.25, -0.2) is 0 Å². The number of benzene rings is 1. The van der Waals surface area contributed by atoms with E-state index >= 15 is 0 Å². The first-order valence-corrected chi connectivity index (χ1v) is 6.86. The van der Waals surface area contributed by atoms with Crippen LogP contribution in [0.15, 0.2) is 29.3 Å². The Hall–Kier alpha value is -1.55. The van der Waals surface area contributed by atoms with E-state index in [-0.39, 0.29) is 0 Å². The van der Waals surface area contributed by atoms with Crippen molar-refractivity contribution in [3.8, 4) is 0 Å². The molecule has 1 heterocycles. The van der Waals surface area contributed by atoms with Crippen LogP contribution < -0.4 is 5.32 Å². The van der Waals surface area contributed by atoms with Crippen LogP contribution in [0.1, 0.15) is 17.5 Å². The highest BCUT2D eigenvalue weighted by molar-refractivity contribution is 5.80. The Morgan fingerprint density at radius 1 is 1.37 bits per heavy atom. The first-order valence-electron chi connectivity index (χ1n) is 6.86. The average molecular weight is 261 g/mol. The molecule has 104 valence electrons. The third-order valence-electron chi connectivity index (χ3n) is 3.45. The summed E-state index contributed by atoms with van der Waals surface area (Å²) in [6.07, 6.45) is 2.09. The van der Waals surface area contributed by atoms with E-state index in [1.807, 2.05) is 7.05 Å². The highest BCUT2D eigenvalue weighted by Crippen LogP contribution is 2.18. The van der Waals surface area contributed by atoms with Gasteiger partial charge in [0, 0.05) is 40.4 Å². The van der Waals surface area contributed by atoms with E-state index in [2.05, 4.69) is 39.5 Å². The van der Waals surface area contributed by atoms with Gasteiger partial charge in [0.2, 0.25) is 0 Å². The zero-order chi connectivity index (χ0) is 13.5. The lowest BCUT2D eigenvalue weighted by molar-refractivity contribution is 0.195. The number of hydrogen-bond donors (Lipinski definition) is 1. The van der Waals surface area contributed by atoms with Crippen LogP contribution in [0.2, 0.25) is 0 Å². The Morgan fingerprint density at radius 3 is 2.89 bits per heavy atom. The van der Waals surface area contributed by atoms with Crippen LogP contribution in [0.25, 0.3) is 0 Å². The number of nitrogens with one attached hydrogen (secondary N) is 1. The highest BCUT2D eigenvalue weighted by Gasteiger charge is 2.18. The van der Waals surface area contributed by atoms with Gasteiger partial charge >= 0.3 is 0 Å². The molecule has 1 N–H and O–H groups in total. The van der Waals surface area contributed by atoms with Crippen LogP contribution in [0.3, 0.4) is 0 Å². The summed E-state index contributed by atoms with van der Waals surface area (Å²) in [5.74, 6) is 0.991. The maximum atomic E-state index is 5.06. The smallest absolute Gasteiger partial charge is 0.193 e. The summed E-state index contributed by atoms with van der Waals surface area (Å²) >= 11 is 0. The largest absolute Gasteiger partial charge is 0.385 e.